The van der Waals surface area contributed by atoms with Crippen molar-refractivity contribution < 1.29 is 4.74 Å². The molecule has 1 nitrogen and oxygen atoms in total. The molecule has 0 amide bonds. The minimum Gasteiger partial charge on any atom is -0.495 e. The second-order valence-corrected chi connectivity index (χ2v) is 6.20. The zero-order valence-electron chi connectivity index (χ0n) is 7.83. The molecule has 14 heavy (non-hydrogen) atoms. The van der Waals surface area contributed by atoms with Gasteiger partial charge in [-0.15, -0.1) is 23.1 Å². The van der Waals surface area contributed by atoms with Crippen molar-refractivity contribution in [3.63, 3.8) is 0 Å². The molecule has 0 saturated heterocycles. The quantitative estimate of drug-likeness (QED) is 0.599. The molecule has 1 aromatic heterocycles. The minimum absolute atomic E-state index is 0.984. The summed E-state index contributed by atoms with van der Waals surface area (Å²) in [6, 6.07) is 6.48. The van der Waals surface area contributed by atoms with Gasteiger partial charge in [0.25, 0.3) is 0 Å². The maximum absolute atomic E-state index is 5.36. The van der Waals surface area contributed by atoms with E-state index < -0.39 is 0 Å². The van der Waals surface area contributed by atoms with Gasteiger partial charge in [-0.25, -0.2) is 0 Å². The summed E-state index contributed by atoms with van der Waals surface area (Å²) >= 11 is 5.89. The highest BCUT2D eigenvalue weighted by atomic mass is 127. The smallest absolute Gasteiger partial charge is 0.137 e. The van der Waals surface area contributed by atoms with Crippen LogP contribution in [0.15, 0.2) is 22.4 Å². The number of hydrogen-bond donors (Lipinski definition) is 0. The number of benzene rings is 1. The van der Waals surface area contributed by atoms with Crippen molar-refractivity contribution in [2.45, 2.75) is 4.21 Å². The predicted molar refractivity (Wildman–Crippen MR) is 72.9 cm³/mol. The van der Waals surface area contributed by atoms with Crippen LogP contribution in [0.2, 0.25) is 0 Å². The average Bonchev–Trinajstić information content (AvgIpc) is 2.59. The van der Waals surface area contributed by atoms with Gasteiger partial charge in [0.2, 0.25) is 0 Å². The van der Waals surface area contributed by atoms with Crippen LogP contribution in [-0.2, 0) is 0 Å². The summed E-state index contributed by atoms with van der Waals surface area (Å²) in [7, 11) is 1.73. The highest BCUT2D eigenvalue weighted by molar-refractivity contribution is 14.1. The fourth-order valence-electron chi connectivity index (χ4n) is 1.31. The van der Waals surface area contributed by atoms with Crippen LogP contribution in [0.1, 0.15) is 0 Å². The first kappa shape index (κ1) is 10.6. The number of halogens is 1. The molecule has 0 radical (unpaired) electrons. The first-order valence-electron chi connectivity index (χ1n) is 4.05. The SMILES string of the molecule is COc1cc(I)cc2cc(SC)sc12. The van der Waals surface area contributed by atoms with E-state index in [1.54, 1.807) is 30.2 Å². The van der Waals surface area contributed by atoms with Crippen molar-refractivity contribution in [2.75, 3.05) is 13.4 Å². The van der Waals surface area contributed by atoms with E-state index in [2.05, 4.69) is 47.0 Å². The van der Waals surface area contributed by atoms with E-state index in [1.807, 2.05) is 0 Å². The largest absolute Gasteiger partial charge is 0.495 e. The standard InChI is InChI=1S/C10H9IOS2/c1-12-8-5-7(11)3-6-4-9(13-2)14-10(6)8/h3-5H,1-2H3. The number of thiophene rings is 1. The lowest BCUT2D eigenvalue weighted by molar-refractivity contribution is 0.420. The second-order valence-electron chi connectivity index (χ2n) is 2.80. The molecule has 1 heterocycles. The highest BCUT2D eigenvalue weighted by Gasteiger charge is 2.07. The van der Waals surface area contributed by atoms with E-state index in [4.69, 9.17) is 4.74 Å². The summed E-state index contributed by atoms with van der Waals surface area (Å²) in [6.07, 6.45) is 2.10. The summed E-state index contributed by atoms with van der Waals surface area (Å²) in [6.45, 7) is 0. The topological polar surface area (TPSA) is 9.23 Å². The van der Waals surface area contributed by atoms with Crippen LogP contribution in [0.5, 0.6) is 5.75 Å². The van der Waals surface area contributed by atoms with Gasteiger partial charge in [-0.3, -0.25) is 0 Å². The molecule has 0 fully saturated rings. The molecule has 0 spiro atoms. The Morgan fingerprint density at radius 3 is 2.79 bits per heavy atom. The average molecular weight is 336 g/mol. The van der Waals surface area contributed by atoms with Crippen molar-refractivity contribution >= 4 is 55.8 Å². The van der Waals surface area contributed by atoms with Crippen LogP contribution in [0.3, 0.4) is 0 Å². The van der Waals surface area contributed by atoms with E-state index in [9.17, 15) is 0 Å². The fourth-order valence-corrected chi connectivity index (χ4v) is 3.63. The third kappa shape index (κ3) is 1.87. The molecule has 1 aromatic carbocycles. The minimum atomic E-state index is 0.984. The molecular weight excluding hydrogens is 327 g/mol. The Balaban J connectivity index is 2.71. The summed E-state index contributed by atoms with van der Waals surface area (Å²) < 4.78 is 9.16. The normalized spacial score (nSPS) is 10.8. The van der Waals surface area contributed by atoms with Crippen molar-refractivity contribution in [2.24, 2.45) is 0 Å². The monoisotopic (exact) mass is 336 g/mol. The third-order valence-corrected chi connectivity index (χ3v) is 4.80. The maximum atomic E-state index is 5.36. The van der Waals surface area contributed by atoms with Crippen molar-refractivity contribution in [3.8, 4) is 5.75 Å². The number of hydrogen-bond acceptors (Lipinski definition) is 3. The third-order valence-electron chi connectivity index (χ3n) is 1.95. The highest BCUT2D eigenvalue weighted by Crippen LogP contribution is 2.38. The first-order chi connectivity index (χ1) is 6.74. The number of thioether (sulfide) groups is 1. The molecule has 2 rings (SSSR count). The number of rotatable bonds is 2. The Morgan fingerprint density at radius 2 is 2.14 bits per heavy atom. The fraction of sp³-hybridized carbons (Fsp3) is 0.200. The molecule has 0 N–H and O–H groups in total. The van der Waals surface area contributed by atoms with Crippen LogP contribution in [0, 0.1) is 3.57 Å². The lowest BCUT2D eigenvalue weighted by Gasteiger charge is -2.01. The van der Waals surface area contributed by atoms with E-state index in [1.165, 1.54) is 17.9 Å². The van der Waals surface area contributed by atoms with E-state index in [0.717, 1.165) is 5.75 Å². The van der Waals surface area contributed by atoms with Gasteiger partial charge in [0.05, 0.1) is 16.0 Å². The molecule has 0 unspecified atom stereocenters. The molecule has 0 aliphatic carbocycles. The molecule has 4 heteroatoms. The number of ether oxygens (including phenoxy) is 1. The number of methoxy groups -OCH3 is 1. The van der Waals surface area contributed by atoms with Crippen LogP contribution in [0.4, 0.5) is 0 Å². The summed E-state index contributed by atoms with van der Waals surface area (Å²) in [5, 5.41) is 1.28. The maximum Gasteiger partial charge on any atom is 0.137 e. The lowest BCUT2D eigenvalue weighted by Crippen LogP contribution is -1.83. The molecule has 0 saturated carbocycles. The van der Waals surface area contributed by atoms with Gasteiger partial charge in [0.15, 0.2) is 0 Å². The van der Waals surface area contributed by atoms with Crippen molar-refractivity contribution in [1.29, 1.82) is 0 Å². The van der Waals surface area contributed by atoms with Gasteiger partial charge in [-0.1, -0.05) is 0 Å². The Hall–Kier alpha value is 0.0600. The Labute approximate surface area is 105 Å². The Bertz CT molecular complexity index is 464. The van der Waals surface area contributed by atoms with Gasteiger partial charge in [-0.2, -0.15) is 0 Å². The van der Waals surface area contributed by atoms with Gasteiger partial charge >= 0.3 is 0 Å². The molecule has 2 aromatic rings. The Kier molecular flexibility index (Phi) is 3.23. The summed E-state index contributed by atoms with van der Waals surface area (Å²) in [5.74, 6) is 0.984. The molecule has 0 aliphatic heterocycles. The first-order valence-corrected chi connectivity index (χ1v) is 7.17. The van der Waals surface area contributed by atoms with E-state index in [0.29, 0.717) is 0 Å². The molecular formula is C10H9IOS2. The lowest BCUT2D eigenvalue weighted by atomic mass is 10.2. The van der Waals surface area contributed by atoms with Gasteiger partial charge in [0.1, 0.15) is 5.75 Å². The van der Waals surface area contributed by atoms with Gasteiger partial charge in [-0.05, 0) is 52.4 Å². The molecule has 0 atom stereocenters. The Morgan fingerprint density at radius 1 is 1.36 bits per heavy atom. The second kappa shape index (κ2) is 4.28. The molecule has 74 valence electrons. The van der Waals surface area contributed by atoms with Crippen LogP contribution in [-0.4, -0.2) is 13.4 Å². The number of fused-ring (bicyclic) bond motifs is 1. The van der Waals surface area contributed by atoms with Gasteiger partial charge in [0, 0.05) is 3.57 Å². The van der Waals surface area contributed by atoms with Gasteiger partial charge < -0.3 is 4.74 Å². The zero-order valence-corrected chi connectivity index (χ0v) is 11.6. The van der Waals surface area contributed by atoms with Crippen LogP contribution >= 0.6 is 45.7 Å². The van der Waals surface area contributed by atoms with E-state index >= 15 is 0 Å². The summed E-state index contributed by atoms with van der Waals surface area (Å²) in [5.41, 5.74) is 0. The summed E-state index contributed by atoms with van der Waals surface area (Å²) in [4.78, 5) is 0. The van der Waals surface area contributed by atoms with Crippen LogP contribution < -0.4 is 4.74 Å². The molecule has 0 bridgehead atoms. The van der Waals surface area contributed by atoms with Crippen LogP contribution in [0.25, 0.3) is 10.1 Å². The molecule has 0 aliphatic rings. The van der Waals surface area contributed by atoms with E-state index in [-0.39, 0.29) is 0 Å². The zero-order chi connectivity index (χ0) is 10.1. The predicted octanol–water partition coefficient (Wildman–Crippen LogP) is 4.24. The van der Waals surface area contributed by atoms with Crippen molar-refractivity contribution in [3.05, 3.63) is 21.8 Å². The van der Waals surface area contributed by atoms with Crippen molar-refractivity contribution in [1.82, 2.24) is 0 Å².